The van der Waals surface area contributed by atoms with E-state index in [0.717, 1.165) is 4.90 Å². The molecule has 0 amide bonds. The molecule has 0 fully saturated rings. The van der Waals surface area contributed by atoms with Crippen molar-refractivity contribution >= 4 is 16.9 Å². The highest BCUT2D eigenvalue weighted by molar-refractivity contribution is 7.97. The van der Waals surface area contributed by atoms with Gasteiger partial charge in [0.05, 0.1) is 16.5 Å². The number of rotatable bonds is 6. The number of benzene rings is 3. The third-order valence-corrected chi connectivity index (χ3v) is 6.16. The van der Waals surface area contributed by atoms with Crippen molar-refractivity contribution in [3.8, 4) is 5.75 Å². The van der Waals surface area contributed by atoms with Gasteiger partial charge in [-0.25, -0.2) is 4.79 Å². The smallest absolute Gasteiger partial charge is 0.452 e. The largest absolute Gasteiger partial charge is 0.573 e. The lowest BCUT2D eigenvalue weighted by Gasteiger charge is -2.12. The fourth-order valence-corrected chi connectivity index (χ4v) is 4.84. The molecule has 1 unspecified atom stereocenters. The molecule has 0 saturated heterocycles. The van der Waals surface area contributed by atoms with Crippen LogP contribution in [0.15, 0.2) is 93.5 Å². The second-order valence-electron chi connectivity index (χ2n) is 6.36. The Morgan fingerprint density at radius 3 is 1.94 bits per heavy atom. The lowest BCUT2D eigenvalue weighted by atomic mass is 10.2. The number of hydrogen-bond donors (Lipinski definition) is 0. The molecule has 0 aliphatic heterocycles. The van der Waals surface area contributed by atoms with Gasteiger partial charge in [-0.15, -0.1) is 13.2 Å². The van der Waals surface area contributed by atoms with Gasteiger partial charge in [0.2, 0.25) is 0 Å². The Labute approximate surface area is 181 Å². The Balaban J connectivity index is 1.95. The molecule has 1 atom stereocenters. The van der Waals surface area contributed by atoms with E-state index in [0.29, 0.717) is 9.79 Å². The van der Waals surface area contributed by atoms with Crippen molar-refractivity contribution in [2.24, 2.45) is 0 Å². The Kier molecular flexibility index (Phi) is 7.02. The monoisotopic (exact) mass is 473 g/mol. The zero-order chi connectivity index (χ0) is 23.4. The van der Waals surface area contributed by atoms with Crippen molar-refractivity contribution in [1.29, 1.82) is 0 Å². The molecule has 3 rings (SSSR count). The van der Waals surface area contributed by atoms with E-state index in [4.69, 9.17) is 0 Å². The summed E-state index contributed by atoms with van der Waals surface area (Å²) < 4.78 is 82.7. The maximum atomic E-state index is 12.5. The van der Waals surface area contributed by atoms with Gasteiger partial charge in [-0.3, -0.25) is 0 Å². The van der Waals surface area contributed by atoms with E-state index < -0.39 is 36.0 Å². The van der Waals surface area contributed by atoms with Crippen LogP contribution in [0.2, 0.25) is 0 Å². The van der Waals surface area contributed by atoms with Crippen molar-refractivity contribution in [2.75, 3.05) is 6.61 Å². The molecular formula is C22H15F6O3S+. The van der Waals surface area contributed by atoms with Gasteiger partial charge in [-0.05, 0) is 48.5 Å². The summed E-state index contributed by atoms with van der Waals surface area (Å²) in [6, 6.07) is 20.1. The summed E-state index contributed by atoms with van der Waals surface area (Å²) in [6.07, 6.45) is -9.48. The summed E-state index contributed by atoms with van der Waals surface area (Å²) in [5.41, 5.74) is -0.0720. The molecule has 0 heterocycles. The second-order valence-corrected chi connectivity index (χ2v) is 8.38. The third-order valence-electron chi connectivity index (χ3n) is 3.94. The summed E-state index contributed by atoms with van der Waals surface area (Å²) in [5.74, 6) is -1.52. The molecule has 0 saturated carbocycles. The Morgan fingerprint density at radius 2 is 1.34 bits per heavy atom. The minimum absolute atomic E-state index is 0.0720. The SMILES string of the molecule is O=C(OCC(F)(F)F)c1cccc([S+](c2ccccc2)c2ccc(OC(F)(F)F)cc2)c1. The van der Waals surface area contributed by atoms with Gasteiger partial charge in [0.15, 0.2) is 21.3 Å². The van der Waals surface area contributed by atoms with Crippen LogP contribution >= 0.6 is 0 Å². The fourth-order valence-electron chi connectivity index (χ4n) is 2.72. The van der Waals surface area contributed by atoms with E-state index in [9.17, 15) is 31.1 Å². The first kappa shape index (κ1) is 23.5. The zero-order valence-corrected chi connectivity index (χ0v) is 16.9. The molecule has 0 aliphatic rings. The average molecular weight is 473 g/mol. The second kappa shape index (κ2) is 9.56. The molecule has 0 aliphatic carbocycles. The Hall–Kier alpha value is -3.14. The number of ether oxygens (including phenoxy) is 2. The van der Waals surface area contributed by atoms with Gasteiger partial charge in [0, 0.05) is 6.07 Å². The number of carbonyl (C=O) groups is 1. The lowest BCUT2D eigenvalue weighted by molar-refractivity contribution is -0.274. The highest BCUT2D eigenvalue weighted by atomic mass is 32.2. The van der Waals surface area contributed by atoms with Crippen molar-refractivity contribution in [3.05, 3.63) is 84.4 Å². The van der Waals surface area contributed by atoms with Crippen LogP contribution in [-0.4, -0.2) is 25.1 Å². The third kappa shape index (κ3) is 6.68. The highest BCUT2D eigenvalue weighted by Crippen LogP contribution is 2.33. The molecule has 3 nitrogen and oxygen atoms in total. The van der Waals surface area contributed by atoms with E-state index in [2.05, 4.69) is 9.47 Å². The number of hydrogen-bond acceptors (Lipinski definition) is 3. The van der Waals surface area contributed by atoms with Crippen LogP contribution in [0, 0.1) is 0 Å². The maximum absolute atomic E-state index is 12.5. The van der Waals surface area contributed by atoms with Crippen molar-refractivity contribution < 1.29 is 40.6 Å². The first-order valence-corrected chi connectivity index (χ1v) is 10.2. The van der Waals surface area contributed by atoms with E-state index in [1.165, 1.54) is 42.5 Å². The topological polar surface area (TPSA) is 35.5 Å². The molecular weight excluding hydrogens is 458 g/mol. The summed E-state index contributed by atoms with van der Waals surface area (Å²) in [7, 11) is -0.861. The Bertz CT molecular complexity index is 1050. The van der Waals surface area contributed by atoms with Crippen molar-refractivity contribution in [2.45, 2.75) is 27.2 Å². The van der Waals surface area contributed by atoms with Crippen LogP contribution in [0.5, 0.6) is 5.75 Å². The van der Waals surface area contributed by atoms with Crippen molar-refractivity contribution in [3.63, 3.8) is 0 Å². The van der Waals surface area contributed by atoms with Crippen LogP contribution in [0.25, 0.3) is 0 Å². The normalized spacial score (nSPS) is 12.8. The quantitative estimate of drug-likeness (QED) is 0.236. The summed E-state index contributed by atoms with van der Waals surface area (Å²) >= 11 is 0. The minimum Gasteiger partial charge on any atom is -0.452 e. The molecule has 168 valence electrons. The molecule has 3 aromatic carbocycles. The fraction of sp³-hybridized carbons (Fsp3) is 0.136. The van der Waals surface area contributed by atoms with E-state index in [1.807, 2.05) is 0 Å². The molecule has 0 bridgehead atoms. The highest BCUT2D eigenvalue weighted by Gasteiger charge is 2.33. The van der Waals surface area contributed by atoms with Crippen LogP contribution in [0.1, 0.15) is 10.4 Å². The van der Waals surface area contributed by atoms with Gasteiger partial charge in [-0.1, -0.05) is 24.3 Å². The lowest BCUT2D eigenvalue weighted by Crippen LogP contribution is -2.20. The summed E-state index contributed by atoms with van der Waals surface area (Å²) in [5, 5.41) is 0. The van der Waals surface area contributed by atoms with E-state index in [-0.39, 0.29) is 11.3 Å². The van der Waals surface area contributed by atoms with Crippen LogP contribution in [-0.2, 0) is 15.6 Å². The van der Waals surface area contributed by atoms with E-state index in [1.54, 1.807) is 36.4 Å². The maximum Gasteiger partial charge on any atom is 0.573 e. The zero-order valence-electron chi connectivity index (χ0n) is 16.1. The van der Waals surface area contributed by atoms with Crippen LogP contribution < -0.4 is 4.74 Å². The first-order valence-electron chi connectivity index (χ1n) is 9.01. The molecule has 0 aromatic heterocycles. The van der Waals surface area contributed by atoms with Crippen LogP contribution in [0.4, 0.5) is 26.3 Å². The number of halogens is 6. The standard InChI is InChI=1S/C22H15F6O3S/c23-21(24,25)14-30-20(29)15-5-4-8-19(13-15)32(17-6-2-1-3-7-17)18-11-9-16(10-12-18)31-22(26,27)28/h1-13H,14H2/q+1. The number of alkyl halides is 6. The van der Waals surface area contributed by atoms with Gasteiger partial charge in [0.1, 0.15) is 5.75 Å². The van der Waals surface area contributed by atoms with Gasteiger partial charge in [0.25, 0.3) is 0 Å². The van der Waals surface area contributed by atoms with E-state index >= 15 is 0 Å². The van der Waals surface area contributed by atoms with Gasteiger partial charge < -0.3 is 9.47 Å². The predicted molar refractivity (Wildman–Crippen MR) is 105 cm³/mol. The first-order chi connectivity index (χ1) is 15.0. The van der Waals surface area contributed by atoms with Gasteiger partial charge in [-0.2, -0.15) is 13.2 Å². The summed E-state index contributed by atoms with van der Waals surface area (Å²) in [4.78, 5) is 14.1. The molecule has 0 spiro atoms. The number of esters is 1. The van der Waals surface area contributed by atoms with Gasteiger partial charge >= 0.3 is 18.5 Å². The van der Waals surface area contributed by atoms with Crippen LogP contribution in [0.3, 0.4) is 0 Å². The molecule has 32 heavy (non-hydrogen) atoms. The molecule has 10 heteroatoms. The molecule has 0 radical (unpaired) electrons. The Morgan fingerprint density at radius 1 is 0.750 bits per heavy atom. The molecule has 3 aromatic rings. The van der Waals surface area contributed by atoms with Crippen molar-refractivity contribution in [1.82, 2.24) is 0 Å². The number of carbonyl (C=O) groups excluding carboxylic acids is 1. The average Bonchev–Trinajstić information content (AvgIpc) is 2.73. The minimum atomic E-state index is -4.83. The summed E-state index contributed by atoms with van der Waals surface area (Å²) in [6.45, 7) is -1.71. The predicted octanol–water partition coefficient (Wildman–Crippen LogP) is 6.40. The molecule has 0 N–H and O–H groups in total.